The molecule has 0 aliphatic carbocycles. The Labute approximate surface area is 107 Å². The Morgan fingerprint density at radius 3 is 2.87 bits per heavy atom. The van der Waals surface area contributed by atoms with Crippen molar-refractivity contribution in [2.24, 2.45) is 7.05 Å². The first-order valence-electron chi connectivity index (χ1n) is 5.01. The number of nitrogens with zero attached hydrogens (tertiary/aromatic N) is 2. The topological polar surface area (TPSA) is 37.9 Å². The van der Waals surface area contributed by atoms with Crippen LogP contribution >= 0.6 is 0 Å². The molecule has 2 rings (SSSR count). The second kappa shape index (κ2) is 5.07. The van der Waals surface area contributed by atoms with Gasteiger partial charge in [0.15, 0.2) is 0 Å². The van der Waals surface area contributed by atoms with E-state index in [0.717, 1.165) is 25.2 Å². The van der Waals surface area contributed by atoms with Crippen molar-refractivity contribution in [3.63, 3.8) is 0 Å². The van der Waals surface area contributed by atoms with Crippen LogP contribution in [0.3, 0.4) is 0 Å². The minimum Gasteiger partial charge on any atom is -1.00 e. The van der Waals surface area contributed by atoms with E-state index in [4.69, 9.17) is 0 Å². The lowest BCUT2D eigenvalue weighted by atomic mass is 10.2. The molecule has 0 bridgehead atoms. The molecule has 0 unspecified atom stereocenters. The molecule has 0 radical (unpaired) electrons. The number of hydrogen-bond acceptors (Lipinski definition) is 2. The average molecular weight is 321 g/mol. The van der Waals surface area contributed by atoms with Gasteiger partial charge in [0.2, 0.25) is 0 Å². The highest BCUT2D eigenvalue weighted by atomic mass is 127. The first-order valence-corrected chi connectivity index (χ1v) is 5.01. The molecule has 4 nitrogen and oxygen atoms in total. The van der Waals surface area contributed by atoms with Crippen molar-refractivity contribution in [1.29, 1.82) is 0 Å². The van der Waals surface area contributed by atoms with E-state index in [1.807, 2.05) is 30.9 Å². The second-order valence-corrected chi connectivity index (χ2v) is 3.81. The molecule has 1 aliphatic rings. The van der Waals surface area contributed by atoms with Gasteiger partial charge < -0.3 is 29.3 Å². The number of carbonyl (C=O) groups is 1. The van der Waals surface area contributed by atoms with Gasteiger partial charge in [0.05, 0.1) is 7.05 Å². The van der Waals surface area contributed by atoms with Crippen molar-refractivity contribution in [3.8, 4) is 0 Å². The van der Waals surface area contributed by atoms with Crippen molar-refractivity contribution >= 4 is 5.91 Å². The van der Waals surface area contributed by atoms with E-state index in [9.17, 15) is 4.79 Å². The molecule has 1 atom stereocenters. The number of rotatable bonds is 1. The molecule has 15 heavy (non-hydrogen) atoms. The van der Waals surface area contributed by atoms with Crippen LogP contribution in [-0.2, 0) is 7.05 Å². The Morgan fingerprint density at radius 1 is 1.67 bits per heavy atom. The molecule has 5 heteroatoms. The number of aryl methyl sites for hydroxylation is 1. The standard InChI is InChI=1S/C10H16N3O.HI/c1-8-12(2)6-7-13(8)10(14)9-4-3-5-11-9;/h6-7,9,11H,3-5H2,1-2H3;1H/q+1;/p-1/t9-;/m1./s1. The average Bonchev–Trinajstić information content (AvgIpc) is 2.77. The molecular weight excluding hydrogens is 305 g/mol. The Hall–Kier alpha value is -0.430. The molecule has 0 amide bonds. The first kappa shape index (κ1) is 12.6. The second-order valence-electron chi connectivity index (χ2n) is 3.81. The molecule has 1 aromatic heterocycles. The lowest BCUT2D eigenvalue weighted by molar-refractivity contribution is -0.676. The molecule has 0 spiro atoms. The maximum Gasteiger partial charge on any atom is 0.331 e. The van der Waals surface area contributed by atoms with Crippen LogP contribution in [0.2, 0.25) is 0 Å². The summed E-state index contributed by atoms with van der Waals surface area (Å²) in [4.78, 5) is 12.0. The Balaban J connectivity index is 0.00000112. The number of halogens is 1. The molecule has 0 saturated carbocycles. The fourth-order valence-electron chi connectivity index (χ4n) is 1.85. The zero-order chi connectivity index (χ0) is 10.1. The maximum atomic E-state index is 12.0. The lowest BCUT2D eigenvalue weighted by Gasteiger charge is -2.05. The summed E-state index contributed by atoms with van der Waals surface area (Å²) in [5, 5.41) is 3.21. The highest BCUT2D eigenvalue weighted by Gasteiger charge is 2.28. The molecule has 1 N–H and O–H groups in total. The fourth-order valence-corrected chi connectivity index (χ4v) is 1.85. The van der Waals surface area contributed by atoms with Gasteiger partial charge in [-0.15, -0.1) is 0 Å². The zero-order valence-corrected chi connectivity index (χ0v) is 11.2. The maximum absolute atomic E-state index is 12.0. The molecule has 1 aromatic rings. The summed E-state index contributed by atoms with van der Waals surface area (Å²) in [7, 11) is 1.95. The van der Waals surface area contributed by atoms with Crippen LogP contribution in [0.4, 0.5) is 0 Å². The van der Waals surface area contributed by atoms with Gasteiger partial charge in [0, 0.05) is 6.92 Å². The molecule has 0 aromatic carbocycles. The van der Waals surface area contributed by atoms with E-state index in [0.29, 0.717) is 0 Å². The minimum absolute atomic E-state index is 0. The monoisotopic (exact) mass is 321 g/mol. The van der Waals surface area contributed by atoms with Crippen molar-refractivity contribution in [2.75, 3.05) is 6.54 Å². The van der Waals surface area contributed by atoms with Crippen LogP contribution in [0.1, 0.15) is 23.5 Å². The molecule has 84 valence electrons. The third-order valence-electron chi connectivity index (χ3n) is 2.89. The summed E-state index contributed by atoms with van der Waals surface area (Å²) >= 11 is 0. The summed E-state index contributed by atoms with van der Waals surface area (Å²) in [5.74, 6) is 1.14. The third-order valence-corrected chi connectivity index (χ3v) is 2.89. The minimum atomic E-state index is 0. The van der Waals surface area contributed by atoms with Crippen molar-refractivity contribution in [1.82, 2.24) is 9.88 Å². The Morgan fingerprint density at radius 2 is 2.40 bits per heavy atom. The number of carbonyl (C=O) groups excluding carboxylic acids is 1. The van der Waals surface area contributed by atoms with E-state index in [-0.39, 0.29) is 35.9 Å². The first-order chi connectivity index (χ1) is 6.70. The van der Waals surface area contributed by atoms with E-state index in [2.05, 4.69) is 5.32 Å². The van der Waals surface area contributed by atoms with Crippen molar-refractivity contribution in [2.45, 2.75) is 25.8 Å². The van der Waals surface area contributed by atoms with Crippen LogP contribution in [0.15, 0.2) is 12.4 Å². The van der Waals surface area contributed by atoms with Gasteiger partial charge in [-0.05, 0) is 19.4 Å². The third kappa shape index (κ3) is 2.39. The van der Waals surface area contributed by atoms with Crippen LogP contribution in [0.25, 0.3) is 0 Å². The summed E-state index contributed by atoms with van der Waals surface area (Å²) in [5.41, 5.74) is 0. The normalized spacial score (nSPS) is 20.0. The van der Waals surface area contributed by atoms with Crippen LogP contribution in [-0.4, -0.2) is 23.1 Å². The van der Waals surface area contributed by atoms with Crippen molar-refractivity contribution in [3.05, 3.63) is 18.2 Å². The lowest BCUT2D eigenvalue weighted by Crippen LogP contribution is -3.00. The van der Waals surface area contributed by atoms with Crippen LogP contribution in [0.5, 0.6) is 0 Å². The predicted octanol–water partition coefficient (Wildman–Crippen LogP) is -2.98. The van der Waals surface area contributed by atoms with Crippen molar-refractivity contribution < 1.29 is 33.3 Å². The molecule has 2 heterocycles. The molecule has 1 fully saturated rings. The van der Waals surface area contributed by atoms with Gasteiger partial charge in [0.25, 0.3) is 5.82 Å². The quantitative estimate of drug-likeness (QED) is 0.443. The summed E-state index contributed by atoms with van der Waals surface area (Å²) < 4.78 is 3.68. The van der Waals surface area contributed by atoms with Gasteiger partial charge in [-0.25, -0.2) is 9.36 Å². The van der Waals surface area contributed by atoms with E-state index < -0.39 is 0 Å². The molecular formula is C10H16IN3O. The number of imidazole rings is 1. The Kier molecular flexibility index (Phi) is 4.27. The highest BCUT2D eigenvalue weighted by molar-refractivity contribution is 5.84. The zero-order valence-electron chi connectivity index (χ0n) is 9.03. The van der Waals surface area contributed by atoms with E-state index in [1.165, 1.54) is 0 Å². The summed E-state index contributed by atoms with van der Waals surface area (Å²) in [6, 6.07) is 0.0149. The Bertz CT molecular complexity index is 356. The van der Waals surface area contributed by atoms with Gasteiger partial charge in [-0.1, -0.05) is 0 Å². The molecule has 1 saturated heterocycles. The number of nitrogens with one attached hydrogen (secondary N) is 1. The highest BCUT2D eigenvalue weighted by Crippen LogP contribution is 2.08. The fraction of sp³-hybridized carbons (Fsp3) is 0.600. The van der Waals surface area contributed by atoms with Crippen LogP contribution in [0, 0.1) is 6.92 Å². The SMILES string of the molecule is Cc1n(C(=O)[C@H]2CCCN2)cc[n+]1C.[I-]. The van der Waals surface area contributed by atoms with Gasteiger partial charge in [0.1, 0.15) is 18.4 Å². The summed E-state index contributed by atoms with van der Waals surface area (Å²) in [6.07, 6.45) is 5.79. The van der Waals surface area contributed by atoms with E-state index in [1.54, 1.807) is 4.57 Å². The van der Waals surface area contributed by atoms with E-state index >= 15 is 0 Å². The molecule has 1 aliphatic heterocycles. The smallest absolute Gasteiger partial charge is 0.331 e. The van der Waals surface area contributed by atoms with Gasteiger partial charge in [-0.2, -0.15) is 4.57 Å². The number of hydrogen-bond donors (Lipinski definition) is 1. The number of aromatic nitrogens is 2. The van der Waals surface area contributed by atoms with Gasteiger partial charge >= 0.3 is 5.91 Å². The largest absolute Gasteiger partial charge is 1.00 e. The predicted molar refractivity (Wildman–Crippen MR) is 52.0 cm³/mol. The van der Waals surface area contributed by atoms with Gasteiger partial charge in [-0.3, -0.25) is 0 Å². The van der Waals surface area contributed by atoms with Crippen LogP contribution < -0.4 is 33.9 Å². The summed E-state index contributed by atoms with van der Waals surface area (Å²) in [6.45, 7) is 2.91.